The number of aromatic nitrogens is 16. The van der Waals surface area contributed by atoms with Crippen LogP contribution in [0, 0.1) is 0 Å². The number of morpholine rings is 4. The van der Waals surface area contributed by atoms with Crippen LogP contribution < -0.4 is 30.2 Å². The predicted octanol–water partition coefficient (Wildman–Crippen LogP) is 12.6. The number of rotatable bonds is 17. The van der Waals surface area contributed by atoms with E-state index in [2.05, 4.69) is 91.1 Å². The first-order chi connectivity index (χ1) is 63.1. The van der Waals surface area contributed by atoms with Gasteiger partial charge in [0.25, 0.3) is 0 Å². The summed E-state index contributed by atoms with van der Waals surface area (Å²) in [5.41, 5.74) is 15.5. The molecule has 0 bridgehead atoms. The molecular weight excluding hydrogens is 1640 g/mol. The molecule has 13 aromatic rings. The molecule has 34 heteroatoms. The van der Waals surface area contributed by atoms with Gasteiger partial charge in [-0.05, 0) is 151 Å². The highest BCUT2D eigenvalue weighted by Gasteiger charge is 2.33. The number of carbonyl (C=O) groups excluding carboxylic acids is 2. The van der Waals surface area contributed by atoms with Gasteiger partial charge >= 0.3 is 6.09 Å². The average Bonchev–Trinajstić information content (AvgIpc) is 1.51. The molecule has 0 spiro atoms. The number of nitrogens with one attached hydrogen (secondary N) is 2. The zero-order valence-electron chi connectivity index (χ0n) is 73.6. The highest BCUT2D eigenvalue weighted by molar-refractivity contribution is 5.95. The SMILES string of the molecule is C1=Cc2c(cccc2-c2nc(N3CCOCC3)nc3c2ncn3C2CCNCC2)C1.CC(C)(C)OC(=O)N1CCC(n2cnc3c(-c4cccc(O)c4)nc(N4CCOCC4)nc32)CC1.CCCCN1CCC(n2cnc3c(-c4cccc(O)c4)nc(N4CCOCC4)nc32)CC1.O=C(Cn1cnc2c(-c3cccc(O)c3)nc(N3CCOCC3)nc21)Nc1ccccc1. The zero-order valence-corrected chi connectivity index (χ0v) is 73.6. The van der Waals surface area contributed by atoms with Crippen LogP contribution in [-0.2, 0) is 41.4 Å². The zero-order chi connectivity index (χ0) is 88.3. The molecule has 672 valence electrons. The van der Waals surface area contributed by atoms with Crippen LogP contribution in [0.15, 0.2) is 153 Å². The molecule has 7 aliphatic heterocycles. The number of likely N-dealkylation sites (tertiary alicyclic amines) is 2. The number of hydrogen-bond donors (Lipinski definition) is 5. The number of carbonyl (C=O) groups is 2. The summed E-state index contributed by atoms with van der Waals surface area (Å²) >= 11 is 0. The topological polar surface area (TPSA) is 359 Å². The summed E-state index contributed by atoms with van der Waals surface area (Å²) in [7, 11) is 0. The number of fused-ring (bicyclic) bond motifs is 5. The molecule has 21 rings (SSSR count). The first kappa shape index (κ1) is 86.9. The van der Waals surface area contributed by atoms with Crippen molar-refractivity contribution in [3.63, 3.8) is 0 Å². The summed E-state index contributed by atoms with van der Waals surface area (Å²) < 4.78 is 36.0. The number of benzene rings is 5. The van der Waals surface area contributed by atoms with Crippen LogP contribution in [-0.4, -0.2) is 272 Å². The average molecular weight is 1750 g/mol. The molecule has 8 aliphatic rings. The maximum Gasteiger partial charge on any atom is 0.410 e. The summed E-state index contributed by atoms with van der Waals surface area (Å²) in [5.74, 6) is 3.04. The van der Waals surface area contributed by atoms with Gasteiger partial charge in [-0.2, -0.15) is 19.9 Å². The van der Waals surface area contributed by atoms with Gasteiger partial charge in [0.05, 0.1) is 78.2 Å². The molecule has 2 amide bonds. The van der Waals surface area contributed by atoms with E-state index in [0.717, 1.165) is 171 Å². The van der Waals surface area contributed by atoms with E-state index in [1.54, 1.807) is 64.3 Å². The van der Waals surface area contributed by atoms with Gasteiger partial charge in [-0.25, -0.2) is 44.7 Å². The highest BCUT2D eigenvalue weighted by Crippen LogP contribution is 2.40. The molecule has 0 unspecified atom stereocenters. The van der Waals surface area contributed by atoms with Gasteiger partial charge in [0.2, 0.25) is 29.7 Å². The van der Waals surface area contributed by atoms with Gasteiger partial charge in [-0.1, -0.05) is 98.3 Å². The van der Waals surface area contributed by atoms with Crippen molar-refractivity contribution < 1.29 is 48.6 Å². The predicted molar refractivity (Wildman–Crippen MR) is 495 cm³/mol. The second-order valence-corrected chi connectivity index (χ2v) is 34.6. The number of allylic oxidation sites excluding steroid dienone is 1. The first-order valence-electron chi connectivity index (χ1n) is 45.3. The number of hydrogen-bond acceptors (Lipinski definition) is 28. The van der Waals surface area contributed by atoms with Crippen LogP contribution >= 0.6 is 0 Å². The Morgan fingerprint density at radius 2 is 0.876 bits per heavy atom. The molecule has 1 aliphatic carbocycles. The van der Waals surface area contributed by atoms with Crippen molar-refractivity contribution in [1.29, 1.82) is 0 Å². The number of aromatic hydroxyl groups is 3. The van der Waals surface area contributed by atoms with E-state index in [1.807, 2.05) is 94.4 Å². The summed E-state index contributed by atoms with van der Waals surface area (Å²) in [6.07, 6.45) is 21.0. The van der Waals surface area contributed by atoms with Gasteiger partial charge in [0.15, 0.2) is 22.6 Å². The van der Waals surface area contributed by atoms with E-state index >= 15 is 0 Å². The van der Waals surface area contributed by atoms with Crippen molar-refractivity contribution in [2.75, 3.05) is 176 Å². The molecule has 0 atom stereocenters. The lowest BCUT2D eigenvalue weighted by atomic mass is 10.00. The number of amides is 2. The fourth-order valence-corrected chi connectivity index (χ4v) is 17.9. The number of unbranched alkanes of at least 4 members (excludes halogenated alkanes) is 1. The first-order valence-corrected chi connectivity index (χ1v) is 45.3. The van der Waals surface area contributed by atoms with Crippen LogP contribution in [0.1, 0.15) is 108 Å². The van der Waals surface area contributed by atoms with Gasteiger partial charge in [-0.3, -0.25) is 4.79 Å². The molecule has 7 fully saturated rings. The number of phenols is 3. The van der Waals surface area contributed by atoms with Gasteiger partial charge in [0, 0.05) is 125 Å². The Morgan fingerprint density at radius 1 is 0.465 bits per heavy atom. The molecule has 5 aromatic carbocycles. The lowest BCUT2D eigenvalue weighted by Gasteiger charge is -2.34. The maximum atomic E-state index is 12.6. The van der Waals surface area contributed by atoms with Crippen molar-refractivity contribution in [1.82, 2.24) is 93.2 Å². The third kappa shape index (κ3) is 20.2. The Hall–Kier alpha value is -12.9. The number of ether oxygens (including phenoxy) is 5. The summed E-state index contributed by atoms with van der Waals surface area (Å²) in [4.78, 5) is 96.2. The number of para-hydroxylation sites is 1. The van der Waals surface area contributed by atoms with Crippen LogP contribution in [0.4, 0.5) is 34.3 Å². The fourth-order valence-electron chi connectivity index (χ4n) is 17.9. The third-order valence-corrected chi connectivity index (χ3v) is 24.7. The van der Waals surface area contributed by atoms with Crippen LogP contribution in [0.25, 0.3) is 95.8 Å². The Morgan fingerprint density at radius 3 is 1.33 bits per heavy atom. The number of nitrogens with zero attached hydrogens (tertiary/aromatic N) is 22. The van der Waals surface area contributed by atoms with Crippen molar-refractivity contribution in [2.45, 2.75) is 116 Å². The number of imidazole rings is 4. The van der Waals surface area contributed by atoms with Gasteiger partial charge in [-0.15, -0.1) is 0 Å². The normalized spacial score (nSPS) is 17.4. The smallest absolute Gasteiger partial charge is 0.410 e. The lowest BCUT2D eigenvalue weighted by molar-refractivity contribution is -0.116. The monoisotopic (exact) mass is 1750 g/mol. The summed E-state index contributed by atoms with van der Waals surface area (Å²) in [6, 6.07) is 38.0. The van der Waals surface area contributed by atoms with E-state index < -0.39 is 5.60 Å². The standard InChI is InChI=1S/C25H32N6O4.C24H32N6O2.C23H22N6O3.C23H26N6O/c1-25(2,3)35-24(33)30-9-7-18(8-10-30)31-16-26-21-20(17-5-4-6-19(32)15-17)27-23(28-22(21)31)29-11-13-34-14-12-29;1-2-3-9-28-10-7-19(8-11-28)30-17-25-22-21(18-5-4-6-20(31)16-18)26-24(27-23(22)30)29-12-14-32-15-13-29;30-18-8-4-5-16(13-18)20-21-22(27-23(26-20)28-9-11-32-12-10-28)29(15-24-21)14-19(31)25-17-6-2-1-3-7-17;1-3-16-4-2-6-19(18(16)5-1)20-21-22(27-23(26-20)28-11-13-30-14-12-28)29(15-25-21)17-7-9-24-10-8-17/h4-6,15-16,18,32H,7-14H2,1-3H3;4-6,16-17,19,31H,2-3,7-15H2,1H3;1-8,13,15,30H,9-12,14H2,(H,25,31);1-2,4-6,15,17,24H,3,7-14H2. The number of anilines is 5. The highest BCUT2D eigenvalue weighted by atomic mass is 16.6. The number of phenolic OH excluding ortho intramolecular Hbond substituents is 3. The maximum absolute atomic E-state index is 12.6. The number of piperidine rings is 3. The molecule has 0 radical (unpaired) electrons. The second kappa shape index (κ2) is 39.8. The molecule has 34 nitrogen and oxygen atoms in total. The second-order valence-electron chi connectivity index (χ2n) is 34.6. The molecule has 129 heavy (non-hydrogen) atoms. The summed E-state index contributed by atoms with van der Waals surface area (Å²) in [5, 5.41) is 36.5. The Balaban J connectivity index is 0.000000116. The minimum absolute atomic E-state index is 0.0600. The van der Waals surface area contributed by atoms with Crippen molar-refractivity contribution >= 4 is 92.2 Å². The van der Waals surface area contributed by atoms with E-state index in [4.69, 9.17) is 78.5 Å². The Kier molecular flexibility index (Phi) is 26.8. The summed E-state index contributed by atoms with van der Waals surface area (Å²) in [6.45, 7) is 25.9. The fraction of sp³-hybridized carbons (Fsp3) is 0.432. The minimum Gasteiger partial charge on any atom is -0.508 e. The van der Waals surface area contributed by atoms with Crippen molar-refractivity contribution in [3.05, 3.63) is 164 Å². The molecule has 8 aromatic heterocycles. The van der Waals surface area contributed by atoms with E-state index in [-0.39, 0.29) is 41.8 Å². The van der Waals surface area contributed by atoms with Crippen molar-refractivity contribution in [3.8, 4) is 62.3 Å². The van der Waals surface area contributed by atoms with Crippen LogP contribution in [0.3, 0.4) is 0 Å². The Bertz CT molecular complexity index is 6090. The third-order valence-electron chi connectivity index (χ3n) is 24.7. The van der Waals surface area contributed by atoms with Crippen molar-refractivity contribution in [2.24, 2.45) is 0 Å². The van der Waals surface area contributed by atoms with Crippen LogP contribution in [0.5, 0.6) is 17.2 Å². The lowest BCUT2D eigenvalue weighted by Crippen LogP contribution is -2.42. The van der Waals surface area contributed by atoms with E-state index in [1.165, 1.54) is 30.5 Å². The molecule has 0 saturated carbocycles. The molecule has 15 heterocycles. The minimum atomic E-state index is -0.510. The van der Waals surface area contributed by atoms with E-state index in [9.17, 15) is 24.9 Å². The Labute approximate surface area is 748 Å². The quantitative estimate of drug-likeness (QED) is 0.0565. The van der Waals surface area contributed by atoms with Crippen LogP contribution in [0.2, 0.25) is 0 Å². The largest absolute Gasteiger partial charge is 0.508 e. The molecule has 5 N–H and O–H groups in total. The van der Waals surface area contributed by atoms with E-state index in [0.29, 0.717) is 150 Å². The van der Waals surface area contributed by atoms with Gasteiger partial charge in [0.1, 0.15) is 74.2 Å². The molecular formula is C95H112N24O10. The van der Waals surface area contributed by atoms with Gasteiger partial charge < -0.3 is 97.3 Å². The molecule has 7 saturated heterocycles.